The molecule has 0 spiro atoms. The van der Waals surface area contributed by atoms with Gasteiger partial charge in [0.25, 0.3) is 0 Å². The Bertz CT molecular complexity index is 576. The molecule has 2 rings (SSSR count). The molecule has 114 valence electrons. The molecular formula is C16H25N5. The minimum atomic E-state index is 0.229. The maximum Gasteiger partial charge on any atom is 0.110 e. The molecule has 0 saturated carbocycles. The van der Waals surface area contributed by atoms with Gasteiger partial charge in [-0.25, -0.2) is 4.98 Å². The van der Waals surface area contributed by atoms with Gasteiger partial charge in [-0.15, -0.1) is 0 Å². The van der Waals surface area contributed by atoms with E-state index in [-0.39, 0.29) is 6.04 Å². The summed E-state index contributed by atoms with van der Waals surface area (Å²) in [5.74, 6) is 1.11. The lowest BCUT2D eigenvalue weighted by Gasteiger charge is -2.20. The van der Waals surface area contributed by atoms with Gasteiger partial charge in [-0.2, -0.15) is 10.2 Å². The van der Waals surface area contributed by atoms with Crippen LogP contribution >= 0.6 is 0 Å². The smallest absolute Gasteiger partial charge is 0.110 e. The van der Waals surface area contributed by atoms with Gasteiger partial charge in [0.1, 0.15) is 5.82 Å². The molecule has 0 bridgehead atoms. The maximum absolute atomic E-state index is 4.50. The first-order valence-electron chi connectivity index (χ1n) is 7.76. The molecule has 0 aliphatic rings. The van der Waals surface area contributed by atoms with Crippen LogP contribution in [-0.2, 0) is 19.4 Å². The minimum Gasteiger partial charge on any atom is -0.335 e. The summed E-state index contributed by atoms with van der Waals surface area (Å²) >= 11 is 0. The van der Waals surface area contributed by atoms with Crippen molar-refractivity contribution in [1.82, 2.24) is 25.1 Å². The Morgan fingerprint density at radius 2 is 2.05 bits per heavy atom. The van der Waals surface area contributed by atoms with Gasteiger partial charge in [0.2, 0.25) is 0 Å². The third-order valence-corrected chi connectivity index (χ3v) is 3.72. The Balaban J connectivity index is 2.32. The van der Waals surface area contributed by atoms with Crippen LogP contribution in [0.4, 0.5) is 0 Å². The zero-order chi connectivity index (χ0) is 15.2. The Morgan fingerprint density at radius 3 is 2.71 bits per heavy atom. The summed E-state index contributed by atoms with van der Waals surface area (Å²) in [6.07, 6.45) is 5.67. The number of nitrogens with one attached hydrogen (secondary N) is 1. The second-order valence-corrected chi connectivity index (χ2v) is 5.19. The van der Waals surface area contributed by atoms with E-state index in [9.17, 15) is 0 Å². The summed E-state index contributed by atoms with van der Waals surface area (Å²) < 4.78 is 2.19. The molecule has 0 aliphatic carbocycles. The zero-order valence-corrected chi connectivity index (χ0v) is 13.4. The molecular weight excluding hydrogens is 262 g/mol. The second kappa shape index (κ2) is 7.31. The highest BCUT2D eigenvalue weighted by atomic mass is 15.1. The molecule has 0 amide bonds. The number of aryl methyl sites for hydroxylation is 3. The molecule has 5 nitrogen and oxygen atoms in total. The summed E-state index contributed by atoms with van der Waals surface area (Å²) in [6.45, 7) is 10.3. The van der Waals surface area contributed by atoms with Gasteiger partial charge in [-0.1, -0.05) is 13.8 Å². The van der Waals surface area contributed by atoms with Gasteiger partial charge >= 0.3 is 0 Å². The lowest BCUT2D eigenvalue weighted by atomic mass is 10.00. The molecule has 0 aromatic carbocycles. The minimum absolute atomic E-state index is 0.229. The van der Waals surface area contributed by atoms with Crippen LogP contribution in [0.3, 0.4) is 0 Å². The molecule has 0 fully saturated rings. The van der Waals surface area contributed by atoms with Crippen molar-refractivity contribution in [3.05, 3.63) is 41.2 Å². The van der Waals surface area contributed by atoms with E-state index in [0.29, 0.717) is 0 Å². The first-order chi connectivity index (χ1) is 10.2. The molecule has 1 atom stereocenters. The van der Waals surface area contributed by atoms with Crippen molar-refractivity contribution in [2.45, 2.75) is 53.1 Å². The van der Waals surface area contributed by atoms with Crippen LogP contribution < -0.4 is 5.32 Å². The first-order valence-corrected chi connectivity index (χ1v) is 7.76. The molecule has 21 heavy (non-hydrogen) atoms. The molecule has 5 heteroatoms. The fourth-order valence-corrected chi connectivity index (χ4v) is 2.65. The molecule has 2 heterocycles. The average Bonchev–Trinajstić information content (AvgIpc) is 2.94. The molecule has 0 saturated heterocycles. The largest absolute Gasteiger partial charge is 0.335 e. The van der Waals surface area contributed by atoms with Gasteiger partial charge in [0, 0.05) is 31.4 Å². The first kappa shape index (κ1) is 15.6. The fourth-order valence-electron chi connectivity index (χ4n) is 2.65. The van der Waals surface area contributed by atoms with Gasteiger partial charge in [-0.05, 0) is 38.4 Å². The van der Waals surface area contributed by atoms with Crippen LogP contribution in [0.5, 0.6) is 0 Å². The summed E-state index contributed by atoms with van der Waals surface area (Å²) in [5, 5.41) is 12.1. The summed E-state index contributed by atoms with van der Waals surface area (Å²) in [6, 6.07) is 2.38. The van der Waals surface area contributed by atoms with E-state index in [0.717, 1.165) is 43.1 Å². The van der Waals surface area contributed by atoms with Crippen LogP contribution in [0.2, 0.25) is 0 Å². The lowest BCUT2D eigenvalue weighted by molar-refractivity contribution is 0.514. The number of hydrogen-bond acceptors (Lipinski definition) is 4. The second-order valence-electron chi connectivity index (χ2n) is 5.19. The van der Waals surface area contributed by atoms with Crippen molar-refractivity contribution in [3.8, 4) is 0 Å². The third-order valence-electron chi connectivity index (χ3n) is 3.72. The topological polar surface area (TPSA) is 55.6 Å². The highest BCUT2D eigenvalue weighted by Gasteiger charge is 2.18. The van der Waals surface area contributed by atoms with Crippen LogP contribution in [-0.4, -0.2) is 26.3 Å². The molecule has 2 aromatic heterocycles. The van der Waals surface area contributed by atoms with E-state index in [1.165, 1.54) is 5.56 Å². The van der Waals surface area contributed by atoms with Crippen LogP contribution in [0, 0.1) is 6.92 Å². The normalized spacial score (nSPS) is 12.6. The van der Waals surface area contributed by atoms with E-state index in [1.807, 2.05) is 19.3 Å². The number of imidazole rings is 1. The number of hydrogen-bond donors (Lipinski definition) is 1. The Kier molecular flexibility index (Phi) is 5.44. The van der Waals surface area contributed by atoms with E-state index < -0.39 is 0 Å². The average molecular weight is 287 g/mol. The van der Waals surface area contributed by atoms with Crippen LogP contribution in [0.25, 0.3) is 0 Å². The number of aromatic nitrogens is 4. The monoisotopic (exact) mass is 287 g/mol. The quantitative estimate of drug-likeness (QED) is 0.850. The standard InChI is InChI=1S/C16H25N5/c1-5-14-13(10-12(4)19-20-14)15(17-6-2)11-16-18-8-9-21(16)7-3/h8-10,15,17H,5-7,11H2,1-4H3. The molecule has 1 N–H and O–H groups in total. The Labute approximate surface area is 126 Å². The molecule has 0 radical (unpaired) electrons. The van der Waals surface area contributed by atoms with Crippen molar-refractivity contribution in [2.24, 2.45) is 0 Å². The van der Waals surface area contributed by atoms with Crippen molar-refractivity contribution >= 4 is 0 Å². The van der Waals surface area contributed by atoms with Crippen molar-refractivity contribution in [1.29, 1.82) is 0 Å². The van der Waals surface area contributed by atoms with Gasteiger partial charge in [0.15, 0.2) is 0 Å². The molecule has 1 unspecified atom stereocenters. The van der Waals surface area contributed by atoms with E-state index in [2.05, 4.69) is 51.9 Å². The summed E-state index contributed by atoms with van der Waals surface area (Å²) in [5.41, 5.74) is 3.28. The molecule has 2 aromatic rings. The Morgan fingerprint density at radius 1 is 1.24 bits per heavy atom. The van der Waals surface area contributed by atoms with Gasteiger partial charge in [0.05, 0.1) is 11.4 Å². The third kappa shape index (κ3) is 3.67. The van der Waals surface area contributed by atoms with E-state index >= 15 is 0 Å². The number of nitrogens with zero attached hydrogens (tertiary/aromatic N) is 4. The van der Waals surface area contributed by atoms with Gasteiger partial charge in [-0.3, -0.25) is 0 Å². The van der Waals surface area contributed by atoms with Crippen molar-refractivity contribution in [3.63, 3.8) is 0 Å². The predicted octanol–water partition coefficient (Wildman–Crippen LogP) is 2.46. The van der Waals surface area contributed by atoms with Crippen molar-refractivity contribution < 1.29 is 0 Å². The maximum atomic E-state index is 4.50. The number of rotatable bonds is 7. The highest BCUT2D eigenvalue weighted by molar-refractivity contribution is 5.26. The zero-order valence-electron chi connectivity index (χ0n) is 13.4. The summed E-state index contributed by atoms with van der Waals surface area (Å²) in [4.78, 5) is 4.50. The Hall–Kier alpha value is -1.75. The predicted molar refractivity (Wildman–Crippen MR) is 84.2 cm³/mol. The fraction of sp³-hybridized carbons (Fsp3) is 0.562. The SMILES string of the molecule is CCNC(Cc1nccn1CC)c1cc(C)nnc1CC. The van der Waals surface area contributed by atoms with Crippen LogP contribution in [0.15, 0.2) is 18.5 Å². The van der Waals surface area contributed by atoms with E-state index in [1.54, 1.807) is 0 Å². The highest BCUT2D eigenvalue weighted by Crippen LogP contribution is 2.21. The van der Waals surface area contributed by atoms with Crippen molar-refractivity contribution in [2.75, 3.05) is 6.54 Å². The summed E-state index contributed by atoms with van der Waals surface area (Å²) in [7, 11) is 0. The lowest BCUT2D eigenvalue weighted by Crippen LogP contribution is -2.26. The van der Waals surface area contributed by atoms with Gasteiger partial charge < -0.3 is 9.88 Å². The van der Waals surface area contributed by atoms with E-state index in [4.69, 9.17) is 0 Å². The molecule has 0 aliphatic heterocycles. The van der Waals surface area contributed by atoms with Crippen LogP contribution in [0.1, 0.15) is 49.6 Å². The number of likely N-dealkylation sites (N-methyl/N-ethyl adjacent to an activating group) is 1.